The summed E-state index contributed by atoms with van der Waals surface area (Å²) in [5.41, 5.74) is 1.33. The fraction of sp³-hybridized carbons (Fsp3) is 0.308. The van der Waals surface area contributed by atoms with Crippen LogP contribution >= 0.6 is 23.1 Å². The summed E-state index contributed by atoms with van der Waals surface area (Å²) in [4.78, 5) is 4.32. The first-order valence-corrected chi connectivity index (χ1v) is 7.35. The molecule has 0 saturated heterocycles. The van der Waals surface area contributed by atoms with Crippen LogP contribution in [0.25, 0.3) is 0 Å². The fourth-order valence-corrected chi connectivity index (χ4v) is 3.90. The van der Waals surface area contributed by atoms with Gasteiger partial charge in [0.1, 0.15) is 4.34 Å². The van der Waals surface area contributed by atoms with Crippen LogP contribution < -0.4 is 5.32 Å². The molecule has 0 aliphatic rings. The normalized spacial score (nSPS) is 14.5. The average Bonchev–Trinajstić information content (AvgIpc) is 2.84. The highest BCUT2D eigenvalue weighted by molar-refractivity contribution is 8.01. The van der Waals surface area contributed by atoms with Gasteiger partial charge in [0.2, 0.25) is 0 Å². The van der Waals surface area contributed by atoms with Gasteiger partial charge in [0.05, 0.1) is 0 Å². The quantitative estimate of drug-likeness (QED) is 0.836. The molecule has 2 aromatic rings. The third kappa shape index (κ3) is 3.31. The average molecular weight is 264 g/mol. The van der Waals surface area contributed by atoms with Crippen molar-refractivity contribution in [1.82, 2.24) is 10.3 Å². The molecule has 2 nitrogen and oxygen atoms in total. The monoisotopic (exact) mass is 264 g/mol. The molecule has 0 radical (unpaired) electrons. The van der Waals surface area contributed by atoms with Gasteiger partial charge in [0.15, 0.2) is 0 Å². The second-order valence-electron chi connectivity index (χ2n) is 3.80. The smallest absolute Gasteiger partial charge is 0.150 e. The summed E-state index contributed by atoms with van der Waals surface area (Å²) in [6.07, 6.45) is 1.86. The summed E-state index contributed by atoms with van der Waals surface area (Å²) < 4.78 is 1.13. The van der Waals surface area contributed by atoms with E-state index in [1.54, 1.807) is 11.3 Å². The molecule has 0 aliphatic heterocycles. The van der Waals surface area contributed by atoms with Crippen molar-refractivity contribution in [3.63, 3.8) is 0 Å². The zero-order valence-corrected chi connectivity index (χ0v) is 11.6. The Morgan fingerprint density at radius 1 is 1.29 bits per heavy atom. The van der Waals surface area contributed by atoms with Crippen molar-refractivity contribution in [3.05, 3.63) is 47.5 Å². The highest BCUT2D eigenvalue weighted by atomic mass is 32.2. The Hall–Kier alpha value is -0.840. The Bertz CT molecular complexity index is 428. The zero-order valence-electron chi connectivity index (χ0n) is 9.96. The first-order chi connectivity index (χ1) is 8.31. The minimum Gasteiger partial charge on any atom is -0.312 e. The number of aromatic nitrogens is 1. The van der Waals surface area contributed by atoms with Crippen molar-refractivity contribution >= 4 is 23.1 Å². The molecule has 0 saturated carbocycles. The van der Waals surface area contributed by atoms with Crippen molar-refractivity contribution < 1.29 is 0 Å². The van der Waals surface area contributed by atoms with Crippen molar-refractivity contribution in [1.29, 1.82) is 0 Å². The standard InChI is InChI=1S/C13H16N2S2/c1-10(17-13-15-8-9-16-13)12(14-2)11-6-4-3-5-7-11/h3-10,12,14H,1-2H3. The molecule has 0 amide bonds. The maximum Gasteiger partial charge on any atom is 0.150 e. The van der Waals surface area contributed by atoms with Crippen molar-refractivity contribution in [2.45, 2.75) is 22.6 Å². The Balaban J connectivity index is 2.08. The van der Waals surface area contributed by atoms with Crippen LogP contribution in [-0.4, -0.2) is 17.3 Å². The lowest BCUT2D eigenvalue weighted by atomic mass is 10.0. The molecule has 2 atom stereocenters. The summed E-state index contributed by atoms with van der Waals surface area (Å²) in [7, 11) is 2.01. The van der Waals surface area contributed by atoms with E-state index in [2.05, 4.69) is 47.6 Å². The van der Waals surface area contributed by atoms with Gasteiger partial charge in [-0.3, -0.25) is 0 Å². The molecule has 0 spiro atoms. The molecule has 1 aromatic carbocycles. The lowest BCUT2D eigenvalue weighted by Gasteiger charge is -2.22. The molecule has 0 fully saturated rings. The van der Waals surface area contributed by atoms with E-state index in [0.717, 1.165) is 4.34 Å². The Kier molecular flexibility index (Phi) is 4.59. The van der Waals surface area contributed by atoms with Gasteiger partial charge in [-0.1, -0.05) is 49.0 Å². The maximum absolute atomic E-state index is 4.32. The van der Waals surface area contributed by atoms with E-state index in [-0.39, 0.29) is 0 Å². The van der Waals surface area contributed by atoms with Gasteiger partial charge >= 0.3 is 0 Å². The van der Waals surface area contributed by atoms with E-state index in [0.29, 0.717) is 11.3 Å². The summed E-state index contributed by atoms with van der Waals surface area (Å²) in [5.74, 6) is 0. The predicted octanol–water partition coefficient (Wildman–Crippen LogP) is 3.58. The number of thioether (sulfide) groups is 1. The largest absolute Gasteiger partial charge is 0.312 e. The molecule has 0 aliphatic carbocycles. The molecular formula is C13H16N2S2. The number of hydrogen-bond donors (Lipinski definition) is 1. The second kappa shape index (κ2) is 6.19. The summed E-state index contributed by atoms with van der Waals surface area (Å²) >= 11 is 3.52. The van der Waals surface area contributed by atoms with Crippen molar-refractivity contribution in [3.8, 4) is 0 Å². The first kappa shape index (κ1) is 12.6. The summed E-state index contributed by atoms with van der Waals surface area (Å²) in [6, 6.07) is 10.9. The zero-order chi connectivity index (χ0) is 12.1. The third-order valence-corrected chi connectivity index (χ3v) is 4.73. The van der Waals surface area contributed by atoms with Gasteiger partial charge in [-0.15, -0.1) is 11.3 Å². The van der Waals surface area contributed by atoms with E-state index >= 15 is 0 Å². The Morgan fingerprint density at radius 2 is 2.06 bits per heavy atom. The number of thiazole rings is 1. The fourth-order valence-electron chi connectivity index (χ4n) is 1.83. The highest BCUT2D eigenvalue weighted by Crippen LogP contribution is 2.32. The molecule has 1 aromatic heterocycles. The predicted molar refractivity (Wildman–Crippen MR) is 75.7 cm³/mol. The van der Waals surface area contributed by atoms with E-state index < -0.39 is 0 Å². The van der Waals surface area contributed by atoms with Gasteiger partial charge in [0.25, 0.3) is 0 Å². The van der Waals surface area contributed by atoms with Crippen LogP contribution in [0.5, 0.6) is 0 Å². The van der Waals surface area contributed by atoms with Crippen LogP contribution in [0.3, 0.4) is 0 Å². The molecule has 0 bridgehead atoms. The molecular weight excluding hydrogens is 248 g/mol. The van der Waals surface area contributed by atoms with E-state index in [1.807, 2.05) is 30.4 Å². The van der Waals surface area contributed by atoms with Crippen LogP contribution in [0.4, 0.5) is 0 Å². The van der Waals surface area contributed by atoms with Gasteiger partial charge in [-0.25, -0.2) is 4.98 Å². The number of hydrogen-bond acceptors (Lipinski definition) is 4. The molecule has 1 heterocycles. The number of benzene rings is 1. The van der Waals surface area contributed by atoms with Crippen molar-refractivity contribution in [2.24, 2.45) is 0 Å². The minimum absolute atomic E-state index is 0.352. The van der Waals surface area contributed by atoms with Crippen LogP contribution in [0.1, 0.15) is 18.5 Å². The van der Waals surface area contributed by atoms with Crippen LogP contribution in [-0.2, 0) is 0 Å². The second-order valence-corrected chi connectivity index (χ2v) is 6.32. The van der Waals surface area contributed by atoms with E-state index in [4.69, 9.17) is 0 Å². The number of nitrogens with zero attached hydrogens (tertiary/aromatic N) is 1. The SMILES string of the molecule is CNC(c1ccccc1)C(C)Sc1nccs1. The summed E-state index contributed by atoms with van der Waals surface area (Å²) in [5, 5.41) is 5.86. The molecule has 1 N–H and O–H groups in total. The van der Waals surface area contributed by atoms with Gasteiger partial charge in [-0.05, 0) is 12.6 Å². The molecule has 90 valence electrons. The highest BCUT2D eigenvalue weighted by Gasteiger charge is 2.19. The minimum atomic E-state index is 0.352. The molecule has 17 heavy (non-hydrogen) atoms. The van der Waals surface area contributed by atoms with Crippen LogP contribution in [0.15, 0.2) is 46.2 Å². The third-order valence-electron chi connectivity index (χ3n) is 2.64. The van der Waals surface area contributed by atoms with Gasteiger partial charge in [0, 0.05) is 22.9 Å². The van der Waals surface area contributed by atoms with Crippen LogP contribution in [0.2, 0.25) is 0 Å². The molecule has 2 rings (SSSR count). The molecule has 2 unspecified atom stereocenters. The van der Waals surface area contributed by atoms with Crippen molar-refractivity contribution in [2.75, 3.05) is 7.05 Å². The number of rotatable bonds is 5. The van der Waals surface area contributed by atoms with Gasteiger partial charge in [-0.2, -0.15) is 0 Å². The Labute approximate surface area is 110 Å². The van der Waals surface area contributed by atoms with Crippen LogP contribution in [0, 0.1) is 0 Å². The first-order valence-electron chi connectivity index (χ1n) is 5.59. The maximum atomic E-state index is 4.32. The lowest BCUT2D eigenvalue weighted by molar-refractivity contribution is 0.589. The van der Waals surface area contributed by atoms with Gasteiger partial charge < -0.3 is 5.32 Å². The Morgan fingerprint density at radius 3 is 2.65 bits per heavy atom. The summed E-state index contributed by atoms with van der Waals surface area (Å²) in [6.45, 7) is 2.24. The lowest BCUT2D eigenvalue weighted by Crippen LogP contribution is -2.25. The topological polar surface area (TPSA) is 24.9 Å². The van der Waals surface area contributed by atoms with E-state index in [1.165, 1.54) is 5.56 Å². The number of nitrogens with one attached hydrogen (secondary N) is 1. The molecule has 4 heteroatoms. The van der Waals surface area contributed by atoms with E-state index in [9.17, 15) is 0 Å².